The molecule has 2 N–H and O–H groups in total. The summed E-state index contributed by atoms with van der Waals surface area (Å²) in [6.45, 7) is 6.16. The third kappa shape index (κ3) is 16.8. The first-order valence-electron chi connectivity index (χ1n) is 12.0. The number of hydrogen-bond acceptors (Lipinski definition) is 11. The molecule has 0 aromatic carbocycles. The highest BCUT2D eigenvalue weighted by Gasteiger charge is 2.36. The molecule has 0 aromatic heterocycles. The lowest BCUT2D eigenvalue weighted by atomic mass is 10.3. The zero-order chi connectivity index (χ0) is 26.8. The first-order valence-corrected chi connectivity index (χ1v) is 24.7. The van der Waals surface area contributed by atoms with Crippen molar-refractivity contribution in [3.63, 3.8) is 0 Å². The third-order valence-corrected chi connectivity index (χ3v) is 23.9. The largest absolute Gasteiger partial charge is 0.468 e. The van der Waals surface area contributed by atoms with Gasteiger partial charge >= 0.3 is 17.6 Å². The fraction of sp³-hybridized carbons (Fsp3) is 1.00. The van der Waals surface area contributed by atoms with E-state index < -0.39 is 53.4 Å². The van der Waals surface area contributed by atoms with Gasteiger partial charge in [-0.05, 0) is 32.4 Å². The summed E-state index contributed by atoms with van der Waals surface area (Å²) in [6, 6.07) is 1.42. The molecule has 0 aliphatic rings. The Kier molecular flexibility index (Phi) is 21.0. The second kappa shape index (κ2) is 20.2. The van der Waals surface area contributed by atoms with E-state index in [1.165, 1.54) is 0 Å². The molecule has 0 aromatic rings. The van der Waals surface area contributed by atoms with Crippen LogP contribution in [0.4, 0.5) is 0 Å². The summed E-state index contributed by atoms with van der Waals surface area (Å²) < 4.78 is 71.6. The molecule has 0 fully saturated rings. The Morgan fingerprint density at radius 2 is 1.37 bits per heavy atom. The molecular formula is C14H47NO11SSi8. The second-order valence-electron chi connectivity index (χ2n) is 7.92. The standard InChI is InChI=1S/C14H47NO11SSi8/c1-32-25-34(21-28,22-29)10-4-7-15(6-3-9-27(17,18)19)12-14(16)13-20-8-5-11-35(23-30,24-31)26-33-2/h14,16H,3-13,32-33H2,1-2,28-31H3,(H,17,18,19). The van der Waals surface area contributed by atoms with E-state index in [9.17, 15) is 13.5 Å². The highest BCUT2D eigenvalue weighted by atomic mass is 32.2. The maximum atomic E-state index is 11.1. The van der Waals surface area contributed by atoms with Crippen LogP contribution in [0.3, 0.4) is 0 Å². The summed E-state index contributed by atoms with van der Waals surface area (Å²) in [5.74, 6) is -0.314. The van der Waals surface area contributed by atoms with Gasteiger partial charge in [0.2, 0.25) is 0 Å². The molecule has 0 saturated heterocycles. The average molecular weight is 662 g/mol. The molecule has 12 nitrogen and oxygen atoms in total. The minimum atomic E-state index is -4.02. The molecule has 0 bridgehead atoms. The van der Waals surface area contributed by atoms with Crippen LogP contribution in [-0.2, 0) is 39.5 Å². The van der Waals surface area contributed by atoms with E-state index in [0.29, 0.717) is 74.2 Å². The van der Waals surface area contributed by atoms with Gasteiger partial charge in [-0.15, -0.1) is 0 Å². The lowest BCUT2D eigenvalue weighted by Crippen LogP contribution is -2.46. The Morgan fingerprint density at radius 1 is 0.886 bits per heavy atom. The monoisotopic (exact) mass is 661 g/mol. The summed E-state index contributed by atoms with van der Waals surface area (Å²) in [5, 5.41) is 10.5. The van der Waals surface area contributed by atoms with Gasteiger partial charge in [0, 0.05) is 25.2 Å². The van der Waals surface area contributed by atoms with Crippen LogP contribution in [0.15, 0.2) is 0 Å². The molecule has 0 aliphatic carbocycles. The van der Waals surface area contributed by atoms with Gasteiger partial charge in [0.05, 0.1) is 18.5 Å². The first kappa shape index (κ1) is 36.3. The zero-order valence-electron chi connectivity index (χ0n) is 22.2. The van der Waals surface area contributed by atoms with Gasteiger partial charge in [0.25, 0.3) is 10.1 Å². The number of nitrogens with zero attached hydrogens (tertiary/aromatic N) is 1. The quantitative estimate of drug-likeness (QED) is 0.0578. The average Bonchev–Trinajstić information content (AvgIpc) is 2.81. The Morgan fingerprint density at radius 3 is 1.83 bits per heavy atom. The van der Waals surface area contributed by atoms with Crippen molar-refractivity contribution in [1.29, 1.82) is 0 Å². The summed E-state index contributed by atoms with van der Waals surface area (Å²) in [7, 11) is -8.06. The minimum Gasteiger partial charge on any atom is -0.425 e. The number of aliphatic hydroxyl groups excluding tert-OH is 1. The van der Waals surface area contributed by atoms with Crippen molar-refractivity contribution < 1.29 is 47.5 Å². The number of rotatable bonds is 24. The summed E-state index contributed by atoms with van der Waals surface area (Å²) in [5.41, 5.74) is 0. The van der Waals surface area contributed by atoms with Crippen molar-refractivity contribution >= 4 is 89.2 Å². The first-order chi connectivity index (χ1) is 16.5. The van der Waals surface area contributed by atoms with Crippen LogP contribution in [0, 0.1) is 0 Å². The molecule has 0 aliphatic heterocycles. The Hall–Kier alpha value is 1.29. The van der Waals surface area contributed by atoms with Crippen LogP contribution in [-0.4, -0.2) is 147 Å². The van der Waals surface area contributed by atoms with Crippen molar-refractivity contribution in [3.8, 4) is 0 Å². The van der Waals surface area contributed by atoms with Gasteiger partial charge in [-0.1, -0.05) is 13.1 Å². The molecule has 0 rings (SSSR count). The Balaban J connectivity index is 4.69. The Bertz CT molecular complexity index is 633. The van der Waals surface area contributed by atoms with E-state index in [-0.39, 0.29) is 18.8 Å². The molecule has 0 amide bonds. The van der Waals surface area contributed by atoms with E-state index in [0.717, 1.165) is 18.9 Å². The molecule has 1 unspecified atom stereocenters. The molecule has 0 heterocycles. The number of hydrogen-bond donors (Lipinski definition) is 2. The van der Waals surface area contributed by atoms with Crippen LogP contribution in [0.1, 0.15) is 19.3 Å². The normalized spacial score (nSPS) is 17.9. The lowest BCUT2D eigenvalue weighted by Gasteiger charge is -2.30. The molecule has 35 heavy (non-hydrogen) atoms. The van der Waals surface area contributed by atoms with Crippen LogP contribution < -0.4 is 0 Å². The molecule has 0 saturated carbocycles. The predicted molar refractivity (Wildman–Crippen MR) is 160 cm³/mol. The van der Waals surface area contributed by atoms with Gasteiger partial charge in [-0.25, -0.2) is 0 Å². The Labute approximate surface area is 230 Å². The van der Waals surface area contributed by atoms with E-state index >= 15 is 0 Å². The SMILES string of the molecule is C[SiH2]O[Si](CCCOCC(O)CN(CCC[Si](O[SiH3])(O[SiH3])O[SiH2]C)CCCS(=O)(=O)O)(O[SiH3])O[SiH3]. The fourth-order valence-electron chi connectivity index (χ4n) is 3.64. The van der Waals surface area contributed by atoms with Crippen molar-refractivity contribution in [3.05, 3.63) is 0 Å². The van der Waals surface area contributed by atoms with Gasteiger partial charge in [0.15, 0.2) is 0 Å². The minimum absolute atomic E-state index is 0.173. The van der Waals surface area contributed by atoms with Crippen molar-refractivity contribution in [2.24, 2.45) is 0 Å². The molecule has 21 heteroatoms. The van der Waals surface area contributed by atoms with Gasteiger partial charge < -0.3 is 39.4 Å². The summed E-state index contributed by atoms with van der Waals surface area (Å²) in [6.07, 6.45) is 1.04. The molecule has 212 valence electrons. The van der Waals surface area contributed by atoms with E-state index in [1.54, 1.807) is 0 Å². The van der Waals surface area contributed by atoms with E-state index in [2.05, 4.69) is 13.1 Å². The predicted octanol–water partition coefficient (Wildman–Crippen LogP) is -5.91. The number of ether oxygens (including phenoxy) is 1. The maximum absolute atomic E-state index is 11.1. The fourth-order valence-corrected chi connectivity index (χ4v) is 23.7. The molecule has 0 radical (unpaired) electrons. The van der Waals surface area contributed by atoms with Crippen LogP contribution in [0.5, 0.6) is 0 Å². The van der Waals surface area contributed by atoms with Crippen LogP contribution >= 0.6 is 0 Å². The van der Waals surface area contributed by atoms with Crippen molar-refractivity contribution in [2.45, 2.75) is 50.5 Å². The van der Waals surface area contributed by atoms with Gasteiger partial charge in [-0.2, -0.15) is 8.42 Å². The number of aliphatic hydroxyl groups is 1. The van der Waals surface area contributed by atoms with E-state index in [4.69, 9.17) is 34.0 Å². The molecule has 0 spiro atoms. The highest BCUT2D eigenvalue weighted by molar-refractivity contribution is 7.85. The van der Waals surface area contributed by atoms with Crippen molar-refractivity contribution in [2.75, 3.05) is 38.6 Å². The second-order valence-corrected chi connectivity index (χ2v) is 23.2. The molecule has 1 atom stereocenters. The van der Waals surface area contributed by atoms with Gasteiger partial charge in [0.1, 0.15) is 61.5 Å². The summed E-state index contributed by atoms with van der Waals surface area (Å²) in [4.78, 5) is 1.99. The van der Waals surface area contributed by atoms with Crippen LogP contribution in [0.2, 0.25) is 25.2 Å². The molecular weight excluding hydrogens is 615 g/mol. The lowest BCUT2D eigenvalue weighted by molar-refractivity contribution is 0.0163. The zero-order valence-corrected chi connectivity index (χ0v) is 35.8. The highest BCUT2D eigenvalue weighted by Crippen LogP contribution is 2.17. The smallest absolute Gasteiger partial charge is 0.425 e. The topological polar surface area (TPSA) is 142 Å². The summed E-state index contributed by atoms with van der Waals surface area (Å²) >= 11 is 0. The van der Waals surface area contributed by atoms with Crippen molar-refractivity contribution in [1.82, 2.24) is 4.90 Å². The van der Waals surface area contributed by atoms with Gasteiger partial charge in [-0.3, -0.25) is 4.55 Å². The van der Waals surface area contributed by atoms with E-state index in [1.807, 2.05) is 4.90 Å². The third-order valence-electron chi connectivity index (χ3n) is 5.36. The maximum Gasteiger partial charge on any atom is 0.468 e. The van der Waals surface area contributed by atoms with Crippen LogP contribution in [0.25, 0.3) is 0 Å².